The molecule has 23 heavy (non-hydrogen) atoms. The molecular formula is C17H13N5O. The summed E-state index contributed by atoms with van der Waals surface area (Å²) in [6.07, 6.45) is 3.36. The normalized spacial score (nSPS) is 10.8. The van der Waals surface area contributed by atoms with Gasteiger partial charge < -0.3 is 4.74 Å². The Kier molecular flexibility index (Phi) is 3.20. The highest BCUT2D eigenvalue weighted by Crippen LogP contribution is 2.29. The van der Waals surface area contributed by atoms with Crippen molar-refractivity contribution in [2.45, 2.75) is 0 Å². The van der Waals surface area contributed by atoms with Gasteiger partial charge in [-0.05, 0) is 12.1 Å². The van der Waals surface area contributed by atoms with Gasteiger partial charge in [0.25, 0.3) is 0 Å². The maximum atomic E-state index is 5.31. The predicted octanol–water partition coefficient (Wildman–Crippen LogP) is 3.09. The Morgan fingerprint density at radius 1 is 1.00 bits per heavy atom. The molecule has 3 heterocycles. The van der Waals surface area contributed by atoms with Crippen LogP contribution in [0.3, 0.4) is 0 Å². The van der Waals surface area contributed by atoms with Crippen LogP contribution >= 0.6 is 0 Å². The van der Waals surface area contributed by atoms with Crippen LogP contribution in [0, 0.1) is 0 Å². The number of ether oxygens (including phenoxy) is 1. The van der Waals surface area contributed by atoms with Crippen molar-refractivity contribution in [2.75, 3.05) is 7.11 Å². The molecule has 3 aromatic heterocycles. The summed E-state index contributed by atoms with van der Waals surface area (Å²) < 4.78 is 5.31. The zero-order valence-corrected chi connectivity index (χ0v) is 12.4. The quantitative estimate of drug-likeness (QED) is 0.629. The number of aromatic amines is 1. The van der Waals surface area contributed by atoms with Gasteiger partial charge in [0.05, 0.1) is 30.3 Å². The fourth-order valence-corrected chi connectivity index (χ4v) is 2.48. The molecular weight excluding hydrogens is 290 g/mol. The average molecular weight is 303 g/mol. The van der Waals surface area contributed by atoms with Gasteiger partial charge in [-0.15, -0.1) is 0 Å². The van der Waals surface area contributed by atoms with E-state index in [4.69, 9.17) is 9.72 Å². The summed E-state index contributed by atoms with van der Waals surface area (Å²) in [6.45, 7) is 0. The molecule has 0 atom stereocenters. The second kappa shape index (κ2) is 5.49. The van der Waals surface area contributed by atoms with Gasteiger partial charge in [-0.3, -0.25) is 5.10 Å². The summed E-state index contributed by atoms with van der Waals surface area (Å²) >= 11 is 0. The second-order valence-corrected chi connectivity index (χ2v) is 4.95. The Bertz CT molecular complexity index is 965. The maximum absolute atomic E-state index is 5.31. The number of hydrogen-bond acceptors (Lipinski definition) is 5. The van der Waals surface area contributed by atoms with E-state index in [1.807, 2.05) is 42.5 Å². The summed E-state index contributed by atoms with van der Waals surface area (Å²) in [5, 5.41) is 7.24. The Hall–Kier alpha value is -3.28. The van der Waals surface area contributed by atoms with Crippen LogP contribution < -0.4 is 4.74 Å². The first-order valence-electron chi connectivity index (χ1n) is 7.13. The number of H-pyrrole nitrogens is 1. The summed E-state index contributed by atoms with van der Waals surface area (Å²) in [5.41, 5.74) is 4.65. The second-order valence-electron chi connectivity index (χ2n) is 4.95. The molecule has 6 nitrogen and oxygen atoms in total. The fourth-order valence-electron chi connectivity index (χ4n) is 2.48. The highest BCUT2D eigenvalue weighted by Gasteiger charge is 2.14. The Morgan fingerprint density at radius 3 is 2.70 bits per heavy atom. The lowest BCUT2D eigenvalue weighted by molar-refractivity contribution is 0.399. The molecule has 0 saturated heterocycles. The average Bonchev–Trinajstić information content (AvgIpc) is 3.05. The number of hydrogen-bond donors (Lipinski definition) is 1. The lowest BCUT2D eigenvalue weighted by Crippen LogP contribution is -1.94. The van der Waals surface area contributed by atoms with E-state index >= 15 is 0 Å². The Labute approximate surface area is 132 Å². The van der Waals surface area contributed by atoms with Crippen LogP contribution in [-0.2, 0) is 0 Å². The van der Waals surface area contributed by atoms with E-state index in [0.29, 0.717) is 17.2 Å². The molecule has 0 aliphatic rings. The molecule has 0 amide bonds. The molecule has 1 aromatic carbocycles. The van der Waals surface area contributed by atoms with Gasteiger partial charge >= 0.3 is 0 Å². The monoisotopic (exact) mass is 303 g/mol. The summed E-state index contributed by atoms with van der Waals surface area (Å²) in [4.78, 5) is 13.3. The fraction of sp³-hybridized carbons (Fsp3) is 0.0588. The standard InChI is InChI=1S/C17H13N5O/c1-23-17-12(8-5-9-18-17)13-10-19-16-15(20-13)14(21-22-16)11-6-3-2-4-7-11/h2-10H,1H3,(H,19,21,22). The molecule has 0 saturated carbocycles. The van der Waals surface area contributed by atoms with Crippen molar-refractivity contribution < 1.29 is 4.74 Å². The van der Waals surface area contributed by atoms with E-state index in [9.17, 15) is 0 Å². The first kappa shape index (κ1) is 13.4. The molecule has 112 valence electrons. The van der Waals surface area contributed by atoms with Crippen LogP contribution in [0.4, 0.5) is 0 Å². The van der Waals surface area contributed by atoms with E-state index in [2.05, 4.69) is 20.2 Å². The van der Waals surface area contributed by atoms with Crippen LogP contribution in [0.1, 0.15) is 0 Å². The SMILES string of the molecule is COc1ncccc1-c1cnc2n[nH]c(-c3ccccc3)c2n1. The van der Waals surface area contributed by atoms with Gasteiger partial charge in [-0.2, -0.15) is 5.10 Å². The van der Waals surface area contributed by atoms with E-state index < -0.39 is 0 Å². The van der Waals surface area contributed by atoms with Crippen LogP contribution in [0.5, 0.6) is 5.88 Å². The topological polar surface area (TPSA) is 76.6 Å². The summed E-state index contributed by atoms with van der Waals surface area (Å²) in [6, 6.07) is 13.7. The van der Waals surface area contributed by atoms with Gasteiger partial charge in [0.15, 0.2) is 5.65 Å². The van der Waals surface area contributed by atoms with Crippen LogP contribution in [-0.4, -0.2) is 32.3 Å². The molecule has 6 heteroatoms. The van der Waals surface area contributed by atoms with Crippen LogP contribution in [0.15, 0.2) is 54.9 Å². The number of aromatic nitrogens is 5. The van der Waals surface area contributed by atoms with Crippen LogP contribution in [0.2, 0.25) is 0 Å². The van der Waals surface area contributed by atoms with Gasteiger partial charge in [-0.25, -0.2) is 15.0 Å². The molecule has 0 spiro atoms. The maximum Gasteiger partial charge on any atom is 0.222 e. The smallest absolute Gasteiger partial charge is 0.222 e. The third-order valence-corrected chi connectivity index (χ3v) is 3.57. The van der Waals surface area contributed by atoms with E-state index in [1.165, 1.54) is 0 Å². The van der Waals surface area contributed by atoms with Gasteiger partial charge in [0.1, 0.15) is 5.52 Å². The predicted molar refractivity (Wildman–Crippen MR) is 86.9 cm³/mol. The van der Waals surface area contributed by atoms with Gasteiger partial charge in [-0.1, -0.05) is 30.3 Å². The molecule has 0 radical (unpaired) electrons. The lowest BCUT2D eigenvalue weighted by atomic mass is 10.1. The highest BCUT2D eigenvalue weighted by atomic mass is 16.5. The van der Waals surface area contributed by atoms with Crippen molar-refractivity contribution in [3.8, 4) is 28.4 Å². The number of nitrogens with zero attached hydrogens (tertiary/aromatic N) is 4. The molecule has 0 bridgehead atoms. The van der Waals surface area contributed by atoms with Crippen molar-refractivity contribution >= 4 is 11.2 Å². The van der Waals surface area contributed by atoms with Gasteiger partial charge in [0, 0.05) is 11.8 Å². The highest BCUT2D eigenvalue weighted by molar-refractivity contribution is 5.88. The number of benzene rings is 1. The zero-order chi connectivity index (χ0) is 15.6. The lowest BCUT2D eigenvalue weighted by Gasteiger charge is -2.06. The molecule has 0 aliphatic carbocycles. The molecule has 4 aromatic rings. The Balaban J connectivity index is 1.91. The van der Waals surface area contributed by atoms with Crippen molar-refractivity contribution in [2.24, 2.45) is 0 Å². The minimum Gasteiger partial charge on any atom is -0.481 e. The minimum absolute atomic E-state index is 0.519. The molecule has 0 unspecified atom stereocenters. The summed E-state index contributed by atoms with van der Waals surface area (Å²) in [7, 11) is 1.59. The van der Waals surface area contributed by atoms with E-state index in [0.717, 1.165) is 22.3 Å². The third-order valence-electron chi connectivity index (χ3n) is 3.57. The minimum atomic E-state index is 0.519. The van der Waals surface area contributed by atoms with Crippen molar-refractivity contribution in [3.63, 3.8) is 0 Å². The summed E-state index contributed by atoms with van der Waals surface area (Å²) in [5.74, 6) is 0.519. The number of methoxy groups -OCH3 is 1. The number of nitrogens with one attached hydrogen (secondary N) is 1. The largest absolute Gasteiger partial charge is 0.481 e. The van der Waals surface area contributed by atoms with Crippen molar-refractivity contribution in [1.82, 2.24) is 25.1 Å². The first-order valence-corrected chi connectivity index (χ1v) is 7.13. The first-order chi connectivity index (χ1) is 11.4. The number of fused-ring (bicyclic) bond motifs is 1. The zero-order valence-electron chi connectivity index (χ0n) is 12.4. The van der Waals surface area contributed by atoms with Gasteiger partial charge in [0.2, 0.25) is 5.88 Å². The van der Waals surface area contributed by atoms with E-state index in [-0.39, 0.29) is 0 Å². The third kappa shape index (κ3) is 2.30. The van der Waals surface area contributed by atoms with Crippen molar-refractivity contribution in [1.29, 1.82) is 0 Å². The number of pyridine rings is 1. The molecule has 0 fully saturated rings. The van der Waals surface area contributed by atoms with E-state index in [1.54, 1.807) is 19.5 Å². The molecule has 1 N–H and O–H groups in total. The van der Waals surface area contributed by atoms with Crippen molar-refractivity contribution in [3.05, 3.63) is 54.9 Å². The number of rotatable bonds is 3. The molecule has 4 rings (SSSR count). The molecule has 0 aliphatic heterocycles. The Morgan fingerprint density at radius 2 is 1.87 bits per heavy atom. The van der Waals surface area contributed by atoms with Crippen LogP contribution in [0.25, 0.3) is 33.7 Å².